The number of esters is 1. The molecule has 0 amide bonds. The van der Waals surface area contributed by atoms with Gasteiger partial charge in [-0.15, -0.1) is 0 Å². The molecule has 1 unspecified atom stereocenters. The molecule has 92 valence electrons. The zero-order valence-electron chi connectivity index (χ0n) is 10.3. The van der Waals surface area contributed by atoms with E-state index < -0.39 is 0 Å². The van der Waals surface area contributed by atoms with Gasteiger partial charge >= 0.3 is 5.97 Å². The van der Waals surface area contributed by atoms with Crippen molar-refractivity contribution in [1.82, 2.24) is 0 Å². The van der Waals surface area contributed by atoms with Crippen molar-refractivity contribution >= 4 is 5.97 Å². The third-order valence-corrected chi connectivity index (χ3v) is 2.61. The molecule has 0 N–H and O–H groups in total. The number of hydrogen-bond donors (Lipinski definition) is 0. The van der Waals surface area contributed by atoms with Gasteiger partial charge in [-0.3, -0.25) is 0 Å². The predicted octanol–water partition coefficient (Wildman–Crippen LogP) is 2.44. The maximum absolute atomic E-state index is 11.7. The van der Waals surface area contributed by atoms with E-state index in [4.69, 9.17) is 9.47 Å². The van der Waals surface area contributed by atoms with Crippen LogP contribution in [0.2, 0.25) is 0 Å². The molecule has 0 spiro atoms. The van der Waals surface area contributed by atoms with Gasteiger partial charge in [-0.05, 0) is 30.0 Å². The molecule has 1 saturated heterocycles. The quantitative estimate of drug-likeness (QED) is 0.580. The summed E-state index contributed by atoms with van der Waals surface area (Å²) in [6.07, 6.45) is 1.10. The Kier molecular flexibility index (Phi) is 3.79. The molecule has 1 heterocycles. The molecule has 3 heteroatoms. The van der Waals surface area contributed by atoms with Crippen LogP contribution < -0.4 is 0 Å². The normalized spacial score (nSPS) is 18.2. The zero-order chi connectivity index (χ0) is 12.3. The van der Waals surface area contributed by atoms with Crippen molar-refractivity contribution in [3.05, 3.63) is 35.4 Å². The van der Waals surface area contributed by atoms with Gasteiger partial charge in [-0.1, -0.05) is 26.0 Å². The van der Waals surface area contributed by atoms with Crippen LogP contribution in [0, 0.1) is 5.92 Å². The van der Waals surface area contributed by atoms with Gasteiger partial charge in [0.15, 0.2) is 0 Å². The van der Waals surface area contributed by atoms with Gasteiger partial charge in [0.05, 0.1) is 12.2 Å². The number of ether oxygens (including phenoxy) is 2. The van der Waals surface area contributed by atoms with Gasteiger partial charge in [0.2, 0.25) is 0 Å². The Morgan fingerprint density at radius 2 is 2.29 bits per heavy atom. The van der Waals surface area contributed by atoms with E-state index in [0.29, 0.717) is 24.7 Å². The zero-order valence-corrected chi connectivity index (χ0v) is 10.3. The van der Waals surface area contributed by atoms with Crippen LogP contribution in [-0.2, 0) is 15.9 Å². The molecule has 17 heavy (non-hydrogen) atoms. The summed E-state index contributed by atoms with van der Waals surface area (Å²) >= 11 is 0. The lowest BCUT2D eigenvalue weighted by molar-refractivity contribution is 0.0476. The highest BCUT2D eigenvalue weighted by Crippen LogP contribution is 2.13. The smallest absolute Gasteiger partial charge is 0.338 e. The van der Waals surface area contributed by atoms with Crippen LogP contribution in [0.1, 0.15) is 29.8 Å². The van der Waals surface area contributed by atoms with Crippen molar-refractivity contribution < 1.29 is 14.3 Å². The third-order valence-electron chi connectivity index (χ3n) is 2.61. The average Bonchev–Trinajstić information content (AvgIpc) is 3.09. The lowest BCUT2D eigenvalue weighted by atomic mass is 10.0. The van der Waals surface area contributed by atoms with Crippen LogP contribution in [-0.4, -0.2) is 25.3 Å². The molecule has 0 aromatic heterocycles. The third kappa shape index (κ3) is 3.86. The lowest BCUT2D eigenvalue weighted by Gasteiger charge is -2.07. The van der Waals surface area contributed by atoms with Gasteiger partial charge in [-0.2, -0.15) is 0 Å². The number of epoxide rings is 1. The van der Waals surface area contributed by atoms with Gasteiger partial charge < -0.3 is 9.47 Å². The Morgan fingerprint density at radius 3 is 2.94 bits per heavy atom. The molecule has 0 aliphatic carbocycles. The highest BCUT2D eigenvalue weighted by molar-refractivity contribution is 5.89. The van der Waals surface area contributed by atoms with Crippen molar-refractivity contribution in [2.45, 2.75) is 26.4 Å². The van der Waals surface area contributed by atoms with Crippen molar-refractivity contribution in [2.24, 2.45) is 5.92 Å². The first-order valence-electron chi connectivity index (χ1n) is 6.03. The van der Waals surface area contributed by atoms with Crippen molar-refractivity contribution in [3.8, 4) is 0 Å². The number of hydrogen-bond acceptors (Lipinski definition) is 3. The summed E-state index contributed by atoms with van der Waals surface area (Å²) in [5.74, 6) is 0.326. The molecule has 0 bridgehead atoms. The fourth-order valence-electron chi connectivity index (χ4n) is 1.71. The monoisotopic (exact) mass is 234 g/mol. The van der Waals surface area contributed by atoms with Gasteiger partial charge in [0, 0.05) is 0 Å². The molecule has 0 saturated carbocycles. The van der Waals surface area contributed by atoms with E-state index in [2.05, 4.69) is 13.8 Å². The van der Waals surface area contributed by atoms with Crippen LogP contribution in [0.25, 0.3) is 0 Å². The van der Waals surface area contributed by atoms with Crippen molar-refractivity contribution in [2.75, 3.05) is 13.2 Å². The maximum atomic E-state index is 11.7. The van der Waals surface area contributed by atoms with Gasteiger partial charge in [-0.25, -0.2) is 4.79 Å². The fraction of sp³-hybridized carbons (Fsp3) is 0.500. The summed E-state index contributed by atoms with van der Waals surface area (Å²) in [5.41, 5.74) is 1.81. The van der Waals surface area contributed by atoms with Crippen LogP contribution in [0.5, 0.6) is 0 Å². The molecule has 2 rings (SSSR count). The minimum atomic E-state index is -0.258. The molecule has 1 aromatic carbocycles. The Morgan fingerprint density at radius 1 is 1.53 bits per heavy atom. The van der Waals surface area contributed by atoms with E-state index in [-0.39, 0.29) is 12.1 Å². The molecule has 1 aliphatic heterocycles. The van der Waals surface area contributed by atoms with Crippen molar-refractivity contribution in [1.29, 1.82) is 0 Å². The first kappa shape index (κ1) is 12.1. The van der Waals surface area contributed by atoms with E-state index in [1.807, 2.05) is 18.2 Å². The molecule has 1 aliphatic rings. The topological polar surface area (TPSA) is 38.8 Å². The van der Waals surface area contributed by atoms with E-state index in [0.717, 1.165) is 6.42 Å². The summed E-state index contributed by atoms with van der Waals surface area (Å²) in [4.78, 5) is 11.7. The highest BCUT2D eigenvalue weighted by Gasteiger charge is 2.24. The minimum absolute atomic E-state index is 0.123. The van der Waals surface area contributed by atoms with Crippen LogP contribution >= 0.6 is 0 Å². The lowest BCUT2D eigenvalue weighted by Crippen LogP contribution is -2.10. The predicted molar refractivity (Wildman–Crippen MR) is 65.0 cm³/mol. The molecular formula is C14H18O3. The maximum Gasteiger partial charge on any atom is 0.338 e. The molecule has 0 radical (unpaired) electrons. The van der Waals surface area contributed by atoms with Crippen LogP contribution in [0.4, 0.5) is 0 Å². The largest absolute Gasteiger partial charge is 0.459 e. The number of rotatable bonds is 5. The van der Waals surface area contributed by atoms with Crippen LogP contribution in [0.3, 0.4) is 0 Å². The van der Waals surface area contributed by atoms with E-state index in [9.17, 15) is 4.79 Å². The molecule has 3 nitrogen and oxygen atoms in total. The Bertz CT molecular complexity index is 394. The SMILES string of the molecule is CC(C)Cc1cccc(C(=O)OCC2CO2)c1. The fourth-order valence-corrected chi connectivity index (χ4v) is 1.71. The number of carbonyl (C=O) groups excluding carboxylic acids is 1. The molecule has 1 fully saturated rings. The van der Waals surface area contributed by atoms with Gasteiger partial charge in [0.1, 0.15) is 12.7 Å². The minimum Gasteiger partial charge on any atom is -0.459 e. The summed E-state index contributed by atoms with van der Waals surface area (Å²) in [6.45, 7) is 5.40. The van der Waals surface area contributed by atoms with E-state index >= 15 is 0 Å². The Labute approximate surface area is 102 Å². The molecular weight excluding hydrogens is 216 g/mol. The average molecular weight is 234 g/mol. The second-order valence-electron chi connectivity index (χ2n) is 4.85. The number of carbonyl (C=O) groups is 1. The van der Waals surface area contributed by atoms with Crippen LogP contribution in [0.15, 0.2) is 24.3 Å². The summed E-state index contributed by atoms with van der Waals surface area (Å²) in [7, 11) is 0. The summed E-state index contributed by atoms with van der Waals surface area (Å²) < 4.78 is 10.1. The number of benzene rings is 1. The molecule has 1 aromatic rings. The Hall–Kier alpha value is -1.35. The van der Waals surface area contributed by atoms with E-state index in [1.165, 1.54) is 5.56 Å². The second kappa shape index (κ2) is 5.32. The van der Waals surface area contributed by atoms with E-state index in [1.54, 1.807) is 6.07 Å². The first-order chi connectivity index (χ1) is 8.15. The van der Waals surface area contributed by atoms with Crippen molar-refractivity contribution in [3.63, 3.8) is 0 Å². The van der Waals surface area contributed by atoms with Gasteiger partial charge in [0.25, 0.3) is 0 Å². The first-order valence-corrected chi connectivity index (χ1v) is 6.03. The molecule has 1 atom stereocenters. The standard InChI is InChI=1S/C14H18O3/c1-10(2)6-11-4-3-5-12(7-11)14(15)17-9-13-8-16-13/h3-5,7,10,13H,6,8-9H2,1-2H3. The highest BCUT2D eigenvalue weighted by atomic mass is 16.6. The summed E-state index contributed by atoms with van der Waals surface area (Å²) in [5, 5.41) is 0. The summed E-state index contributed by atoms with van der Waals surface area (Å²) in [6, 6.07) is 7.65. The second-order valence-corrected chi connectivity index (χ2v) is 4.85. The Balaban J connectivity index is 1.95.